The molecular formula is C36H41F2N3O2. The van der Waals surface area contributed by atoms with E-state index in [0.29, 0.717) is 19.4 Å². The Bertz CT molecular complexity index is 1400. The van der Waals surface area contributed by atoms with Crippen molar-refractivity contribution in [3.05, 3.63) is 107 Å². The minimum absolute atomic E-state index is 0.0397. The number of carbonyl (C=O) groups excluding carboxylic acids is 2. The molecule has 3 aliphatic rings. The molecule has 2 atom stereocenters. The van der Waals surface area contributed by atoms with Crippen molar-refractivity contribution in [1.29, 1.82) is 0 Å². The highest BCUT2D eigenvalue weighted by atomic mass is 19.1. The van der Waals surface area contributed by atoms with Gasteiger partial charge in [-0.1, -0.05) is 54.6 Å². The molecule has 0 bridgehead atoms. The van der Waals surface area contributed by atoms with Crippen molar-refractivity contribution in [3.63, 3.8) is 0 Å². The molecule has 3 fully saturated rings. The molecule has 5 nitrogen and oxygen atoms in total. The summed E-state index contributed by atoms with van der Waals surface area (Å²) in [6, 6.07) is 22.9. The Hall–Kier alpha value is -3.58. The summed E-state index contributed by atoms with van der Waals surface area (Å²) >= 11 is 0. The van der Waals surface area contributed by atoms with Crippen LogP contribution in [0.15, 0.2) is 78.9 Å². The predicted octanol–water partition coefficient (Wildman–Crippen LogP) is 5.63. The first-order chi connectivity index (χ1) is 20.9. The number of amides is 2. The van der Waals surface area contributed by atoms with E-state index in [2.05, 4.69) is 27.2 Å². The summed E-state index contributed by atoms with van der Waals surface area (Å²) in [6.07, 6.45) is 6.15. The van der Waals surface area contributed by atoms with Crippen LogP contribution in [0.3, 0.4) is 0 Å². The van der Waals surface area contributed by atoms with Gasteiger partial charge in [0.05, 0.1) is 10.8 Å². The van der Waals surface area contributed by atoms with Gasteiger partial charge >= 0.3 is 0 Å². The summed E-state index contributed by atoms with van der Waals surface area (Å²) in [5, 5.41) is 3.12. The van der Waals surface area contributed by atoms with Crippen LogP contribution in [0.4, 0.5) is 8.78 Å². The molecule has 0 spiro atoms. The van der Waals surface area contributed by atoms with Crippen molar-refractivity contribution >= 4 is 11.8 Å². The lowest BCUT2D eigenvalue weighted by molar-refractivity contribution is -0.140. The average molecular weight is 586 g/mol. The SMILES string of the molecule is O=C(N1CCCCC1)C1(c2ccccc2)CCN(C[C@@H]2C[C@@]2(C(=O)NCCc2ccc(F)cc2)c2ccc(F)cc2)CC1. The van der Waals surface area contributed by atoms with E-state index in [0.717, 1.165) is 75.1 Å². The van der Waals surface area contributed by atoms with Gasteiger partial charge in [-0.25, -0.2) is 8.78 Å². The molecule has 2 heterocycles. The molecule has 3 aromatic rings. The third kappa shape index (κ3) is 6.10. The van der Waals surface area contributed by atoms with Crippen molar-refractivity contribution in [2.75, 3.05) is 39.3 Å². The second kappa shape index (κ2) is 12.6. The highest BCUT2D eigenvalue weighted by Crippen LogP contribution is 2.55. The van der Waals surface area contributed by atoms with Crippen molar-refractivity contribution in [3.8, 4) is 0 Å². The second-order valence-electron chi connectivity index (χ2n) is 12.6. The van der Waals surface area contributed by atoms with Gasteiger partial charge in [0.1, 0.15) is 11.6 Å². The standard InChI is InChI=1S/C36H41F2N3O2/c37-31-13-9-27(10-14-31)17-20-39-33(42)36(29-11-15-32(38)16-12-29)25-30(36)26-40-23-18-35(19-24-40,28-7-3-1-4-8-28)34(43)41-21-5-2-6-22-41/h1,3-4,7-16,30H,2,5-6,17-26H2,(H,39,42)/t30-,36+/m0/s1. The Kier molecular flexibility index (Phi) is 8.62. The zero-order chi connectivity index (χ0) is 29.9. The van der Waals surface area contributed by atoms with E-state index < -0.39 is 10.8 Å². The van der Waals surface area contributed by atoms with Crippen LogP contribution >= 0.6 is 0 Å². The lowest BCUT2D eigenvalue weighted by Crippen LogP contribution is -2.54. The molecule has 3 aromatic carbocycles. The van der Waals surface area contributed by atoms with E-state index in [-0.39, 0.29) is 29.4 Å². The van der Waals surface area contributed by atoms with Crippen LogP contribution in [0.1, 0.15) is 55.2 Å². The lowest BCUT2D eigenvalue weighted by Gasteiger charge is -2.44. The number of piperidine rings is 2. The van der Waals surface area contributed by atoms with Gasteiger partial charge in [0, 0.05) is 26.2 Å². The Balaban J connectivity index is 1.14. The molecule has 2 aliphatic heterocycles. The number of likely N-dealkylation sites (tertiary alicyclic amines) is 2. The van der Waals surface area contributed by atoms with Crippen molar-refractivity contribution < 1.29 is 18.4 Å². The van der Waals surface area contributed by atoms with Gasteiger partial charge in [0.2, 0.25) is 11.8 Å². The van der Waals surface area contributed by atoms with Crippen LogP contribution in [0.5, 0.6) is 0 Å². The van der Waals surface area contributed by atoms with Crippen LogP contribution in [0.2, 0.25) is 0 Å². The van der Waals surface area contributed by atoms with Crippen molar-refractivity contribution in [1.82, 2.24) is 15.1 Å². The fraction of sp³-hybridized carbons (Fsp3) is 0.444. The number of hydrogen-bond acceptors (Lipinski definition) is 3. The van der Waals surface area contributed by atoms with E-state index in [1.165, 1.54) is 30.7 Å². The monoisotopic (exact) mass is 585 g/mol. The van der Waals surface area contributed by atoms with Crippen LogP contribution in [0.25, 0.3) is 0 Å². The zero-order valence-corrected chi connectivity index (χ0v) is 24.7. The molecule has 43 heavy (non-hydrogen) atoms. The van der Waals surface area contributed by atoms with Gasteiger partial charge in [-0.3, -0.25) is 9.59 Å². The van der Waals surface area contributed by atoms with Crippen LogP contribution in [-0.4, -0.2) is 60.9 Å². The maximum Gasteiger partial charge on any atom is 0.233 e. The lowest BCUT2D eigenvalue weighted by atomic mass is 9.71. The molecule has 0 unspecified atom stereocenters. The molecule has 1 N–H and O–H groups in total. The number of benzene rings is 3. The van der Waals surface area contributed by atoms with Crippen LogP contribution in [0, 0.1) is 17.6 Å². The Morgan fingerprint density at radius 2 is 1.40 bits per heavy atom. The average Bonchev–Trinajstić information content (AvgIpc) is 3.78. The quantitative estimate of drug-likeness (QED) is 0.354. The molecule has 1 aliphatic carbocycles. The summed E-state index contributed by atoms with van der Waals surface area (Å²) in [6.45, 7) is 4.46. The minimum atomic E-state index is -0.700. The van der Waals surface area contributed by atoms with Crippen molar-refractivity contribution in [2.45, 2.75) is 55.8 Å². The molecule has 0 aromatic heterocycles. The van der Waals surface area contributed by atoms with Gasteiger partial charge in [0.25, 0.3) is 0 Å². The number of carbonyl (C=O) groups is 2. The van der Waals surface area contributed by atoms with Crippen molar-refractivity contribution in [2.24, 2.45) is 5.92 Å². The summed E-state index contributed by atoms with van der Waals surface area (Å²) in [7, 11) is 0. The molecule has 2 saturated heterocycles. The Morgan fingerprint density at radius 3 is 2.05 bits per heavy atom. The van der Waals surface area contributed by atoms with Gasteiger partial charge in [0.15, 0.2) is 0 Å². The predicted molar refractivity (Wildman–Crippen MR) is 164 cm³/mol. The van der Waals surface area contributed by atoms with Gasteiger partial charge in [-0.2, -0.15) is 0 Å². The topological polar surface area (TPSA) is 52.7 Å². The highest BCUT2D eigenvalue weighted by Gasteiger charge is 2.61. The normalized spacial score (nSPS) is 23.5. The highest BCUT2D eigenvalue weighted by molar-refractivity contribution is 5.92. The molecule has 226 valence electrons. The molecular weight excluding hydrogens is 544 g/mol. The number of hydrogen-bond donors (Lipinski definition) is 1. The maximum absolute atomic E-state index is 14.0. The number of halogens is 2. The summed E-state index contributed by atoms with van der Waals surface area (Å²) in [5.74, 6) is -0.267. The Morgan fingerprint density at radius 1 is 0.767 bits per heavy atom. The zero-order valence-electron chi connectivity index (χ0n) is 24.7. The van der Waals surface area contributed by atoms with E-state index in [1.54, 1.807) is 24.3 Å². The van der Waals surface area contributed by atoms with Gasteiger partial charge in [-0.15, -0.1) is 0 Å². The van der Waals surface area contributed by atoms with Crippen LogP contribution < -0.4 is 5.32 Å². The van der Waals surface area contributed by atoms with Gasteiger partial charge in [-0.05, 0) is 105 Å². The largest absolute Gasteiger partial charge is 0.355 e. The third-order valence-corrected chi connectivity index (χ3v) is 10.0. The summed E-state index contributed by atoms with van der Waals surface area (Å²) < 4.78 is 27.1. The first-order valence-corrected chi connectivity index (χ1v) is 15.8. The molecule has 1 saturated carbocycles. The smallest absolute Gasteiger partial charge is 0.233 e. The minimum Gasteiger partial charge on any atom is -0.355 e. The molecule has 7 heteroatoms. The molecule has 0 radical (unpaired) electrons. The summed E-state index contributed by atoms with van der Waals surface area (Å²) in [4.78, 5) is 32.3. The number of nitrogens with zero attached hydrogens (tertiary/aromatic N) is 2. The number of rotatable bonds is 9. The molecule has 2 amide bonds. The summed E-state index contributed by atoms with van der Waals surface area (Å²) in [5.41, 5.74) is 1.70. The first kappa shape index (κ1) is 29.5. The number of nitrogens with one attached hydrogen (secondary N) is 1. The second-order valence-corrected chi connectivity index (χ2v) is 12.6. The van der Waals surface area contributed by atoms with E-state index in [4.69, 9.17) is 0 Å². The van der Waals surface area contributed by atoms with E-state index >= 15 is 0 Å². The van der Waals surface area contributed by atoms with E-state index in [1.807, 2.05) is 18.2 Å². The fourth-order valence-electron chi connectivity index (χ4n) is 7.40. The Labute approximate surface area is 253 Å². The first-order valence-electron chi connectivity index (χ1n) is 15.8. The third-order valence-electron chi connectivity index (χ3n) is 10.0. The van der Waals surface area contributed by atoms with E-state index in [9.17, 15) is 18.4 Å². The fourth-order valence-corrected chi connectivity index (χ4v) is 7.40. The van der Waals surface area contributed by atoms with Gasteiger partial charge < -0.3 is 15.1 Å². The maximum atomic E-state index is 14.0. The molecule has 6 rings (SSSR count). The van der Waals surface area contributed by atoms with Crippen LogP contribution in [-0.2, 0) is 26.8 Å².